The molecule has 0 atom stereocenters. The van der Waals surface area contributed by atoms with Gasteiger partial charge in [0.25, 0.3) is 0 Å². The largest absolute Gasteiger partial charge is 0.315 e. The molecule has 0 aromatic heterocycles. The predicted octanol–water partition coefficient (Wildman–Crippen LogP) is 3.08. The lowest BCUT2D eigenvalue weighted by atomic mass is 9.80. The molecule has 106 valence electrons. The van der Waals surface area contributed by atoms with Crippen molar-refractivity contribution in [1.29, 1.82) is 0 Å². The Bertz CT molecular complexity index is 353. The standard InChI is InChI=1S/C17H28N2/c1-19(2)17(12-7-4-8-13-17)15-18-14-11-16-9-5-3-6-10-16/h3,5-6,9-10,18H,4,7-8,11-15H2,1-2H3. The van der Waals surface area contributed by atoms with Crippen molar-refractivity contribution in [2.75, 3.05) is 27.2 Å². The monoisotopic (exact) mass is 260 g/mol. The molecule has 1 aromatic rings. The molecule has 19 heavy (non-hydrogen) atoms. The van der Waals surface area contributed by atoms with Crippen molar-refractivity contribution < 1.29 is 0 Å². The van der Waals surface area contributed by atoms with Crippen LogP contribution in [0.3, 0.4) is 0 Å². The van der Waals surface area contributed by atoms with Gasteiger partial charge in [0.2, 0.25) is 0 Å². The van der Waals surface area contributed by atoms with E-state index in [1.165, 1.54) is 37.7 Å². The smallest absolute Gasteiger partial charge is 0.0327 e. The molecule has 1 aliphatic carbocycles. The van der Waals surface area contributed by atoms with E-state index < -0.39 is 0 Å². The number of hydrogen-bond acceptors (Lipinski definition) is 2. The van der Waals surface area contributed by atoms with Gasteiger partial charge in [-0.2, -0.15) is 0 Å². The zero-order valence-corrected chi connectivity index (χ0v) is 12.5. The van der Waals surface area contributed by atoms with Crippen LogP contribution in [0.15, 0.2) is 30.3 Å². The highest BCUT2D eigenvalue weighted by Gasteiger charge is 2.33. The summed E-state index contributed by atoms with van der Waals surface area (Å²) in [5.41, 5.74) is 1.83. The Labute approximate surface area is 118 Å². The molecular formula is C17H28N2. The van der Waals surface area contributed by atoms with Crippen LogP contribution in [-0.2, 0) is 6.42 Å². The molecule has 0 amide bonds. The zero-order valence-electron chi connectivity index (χ0n) is 12.5. The molecule has 0 heterocycles. The third kappa shape index (κ3) is 4.05. The minimum absolute atomic E-state index is 0.398. The first-order valence-corrected chi connectivity index (χ1v) is 7.65. The van der Waals surface area contributed by atoms with E-state index in [4.69, 9.17) is 0 Å². The van der Waals surface area contributed by atoms with Crippen LogP contribution in [0.4, 0.5) is 0 Å². The van der Waals surface area contributed by atoms with Crippen LogP contribution in [0, 0.1) is 0 Å². The van der Waals surface area contributed by atoms with E-state index >= 15 is 0 Å². The third-order valence-electron chi connectivity index (χ3n) is 4.62. The Hall–Kier alpha value is -0.860. The molecule has 0 aliphatic heterocycles. The lowest BCUT2D eigenvalue weighted by molar-refractivity contribution is 0.0990. The fourth-order valence-corrected chi connectivity index (χ4v) is 3.19. The summed E-state index contributed by atoms with van der Waals surface area (Å²) in [5, 5.41) is 3.68. The summed E-state index contributed by atoms with van der Waals surface area (Å²) in [6.07, 6.45) is 8.01. The molecule has 2 rings (SSSR count). The van der Waals surface area contributed by atoms with Crippen molar-refractivity contribution in [1.82, 2.24) is 10.2 Å². The van der Waals surface area contributed by atoms with Gasteiger partial charge in [0.15, 0.2) is 0 Å². The van der Waals surface area contributed by atoms with Gasteiger partial charge in [0.1, 0.15) is 0 Å². The van der Waals surface area contributed by atoms with Gasteiger partial charge >= 0.3 is 0 Å². The van der Waals surface area contributed by atoms with E-state index in [1.54, 1.807) is 0 Å². The summed E-state index contributed by atoms with van der Waals surface area (Å²) < 4.78 is 0. The Kier molecular flexibility index (Phi) is 5.41. The second-order valence-corrected chi connectivity index (χ2v) is 6.09. The second-order valence-electron chi connectivity index (χ2n) is 6.09. The van der Waals surface area contributed by atoms with Crippen molar-refractivity contribution >= 4 is 0 Å². The maximum atomic E-state index is 3.68. The number of benzene rings is 1. The van der Waals surface area contributed by atoms with Gasteiger partial charge in [0, 0.05) is 12.1 Å². The molecule has 0 bridgehead atoms. The summed E-state index contributed by atoms with van der Waals surface area (Å²) in [6.45, 7) is 2.21. The Morgan fingerprint density at radius 2 is 1.74 bits per heavy atom. The van der Waals surface area contributed by atoms with E-state index in [-0.39, 0.29) is 0 Å². The van der Waals surface area contributed by atoms with Gasteiger partial charge in [-0.15, -0.1) is 0 Å². The van der Waals surface area contributed by atoms with Crippen LogP contribution in [0.1, 0.15) is 37.7 Å². The molecule has 1 aromatic carbocycles. The zero-order chi connectivity index (χ0) is 13.6. The van der Waals surface area contributed by atoms with Crippen LogP contribution in [-0.4, -0.2) is 37.6 Å². The average Bonchev–Trinajstić information content (AvgIpc) is 2.46. The molecular weight excluding hydrogens is 232 g/mol. The van der Waals surface area contributed by atoms with E-state index in [0.717, 1.165) is 19.5 Å². The first-order valence-electron chi connectivity index (χ1n) is 7.65. The maximum Gasteiger partial charge on any atom is 0.0327 e. The summed E-state index contributed by atoms with van der Waals surface area (Å²) in [6, 6.07) is 10.8. The van der Waals surface area contributed by atoms with E-state index in [2.05, 4.69) is 54.6 Å². The highest BCUT2D eigenvalue weighted by molar-refractivity contribution is 5.14. The van der Waals surface area contributed by atoms with Crippen LogP contribution >= 0.6 is 0 Å². The van der Waals surface area contributed by atoms with Gasteiger partial charge in [-0.3, -0.25) is 0 Å². The molecule has 1 aliphatic rings. The molecule has 0 saturated heterocycles. The predicted molar refractivity (Wildman–Crippen MR) is 82.5 cm³/mol. The van der Waals surface area contributed by atoms with Crippen molar-refractivity contribution in [3.8, 4) is 0 Å². The van der Waals surface area contributed by atoms with Gasteiger partial charge < -0.3 is 10.2 Å². The molecule has 1 N–H and O–H groups in total. The van der Waals surface area contributed by atoms with Crippen molar-refractivity contribution in [3.05, 3.63) is 35.9 Å². The Balaban J connectivity index is 1.77. The molecule has 0 radical (unpaired) electrons. The highest BCUT2D eigenvalue weighted by Crippen LogP contribution is 2.31. The topological polar surface area (TPSA) is 15.3 Å². The van der Waals surface area contributed by atoms with Gasteiger partial charge in [-0.25, -0.2) is 0 Å². The molecule has 0 unspecified atom stereocenters. The first-order chi connectivity index (χ1) is 9.23. The van der Waals surface area contributed by atoms with Crippen molar-refractivity contribution in [2.45, 2.75) is 44.1 Å². The van der Waals surface area contributed by atoms with E-state index in [1.807, 2.05) is 0 Å². The summed E-state index contributed by atoms with van der Waals surface area (Å²) in [4.78, 5) is 2.45. The quantitative estimate of drug-likeness (QED) is 0.791. The molecule has 2 heteroatoms. The lowest BCUT2D eigenvalue weighted by Crippen LogP contribution is -2.53. The van der Waals surface area contributed by atoms with Crippen LogP contribution in [0.25, 0.3) is 0 Å². The fraction of sp³-hybridized carbons (Fsp3) is 0.647. The van der Waals surface area contributed by atoms with Crippen LogP contribution < -0.4 is 5.32 Å². The first kappa shape index (κ1) is 14.5. The Morgan fingerprint density at radius 3 is 2.37 bits per heavy atom. The van der Waals surface area contributed by atoms with Gasteiger partial charge in [-0.1, -0.05) is 49.6 Å². The normalized spacial score (nSPS) is 18.7. The summed E-state index contributed by atoms with van der Waals surface area (Å²) in [5.74, 6) is 0. The van der Waals surface area contributed by atoms with Crippen LogP contribution in [0.5, 0.6) is 0 Å². The number of hydrogen-bond donors (Lipinski definition) is 1. The van der Waals surface area contributed by atoms with Crippen molar-refractivity contribution in [2.24, 2.45) is 0 Å². The van der Waals surface area contributed by atoms with Gasteiger partial charge in [-0.05, 0) is 45.5 Å². The minimum Gasteiger partial charge on any atom is -0.315 e. The average molecular weight is 260 g/mol. The lowest BCUT2D eigenvalue weighted by Gasteiger charge is -2.43. The SMILES string of the molecule is CN(C)C1(CNCCc2ccccc2)CCCCC1. The Morgan fingerprint density at radius 1 is 1.05 bits per heavy atom. The number of likely N-dealkylation sites (N-methyl/N-ethyl adjacent to an activating group) is 1. The second kappa shape index (κ2) is 7.06. The van der Waals surface area contributed by atoms with Gasteiger partial charge in [0.05, 0.1) is 0 Å². The fourth-order valence-electron chi connectivity index (χ4n) is 3.19. The molecule has 2 nitrogen and oxygen atoms in total. The molecule has 1 fully saturated rings. The van der Waals surface area contributed by atoms with E-state index in [9.17, 15) is 0 Å². The van der Waals surface area contributed by atoms with Crippen molar-refractivity contribution in [3.63, 3.8) is 0 Å². The summed E-state index contributed by atoms with van der Waals surface area (Å²) in [7, 11) is 4.48. The number of rotatable bonds is 6. The number of nitrogens with zero attached hydrogens (tertiary/aromatic N) is 1. The third-order valence-corrected chi connectivity index (χ3v) is 4.62. The minimum atomic E-state index is 0.398. The van der Waals surface area contributed by atoms with E-state index in [0.29, 0.717) is 5.54 Å². The molecule has 1 saturated carbocycles. The highest BCUT2D eigenvalue weighted by atomic mass is 15.2. The summed E-state index contributed by atoms with van der Waals surface area (Å²) >= 11 is 0. The number of nitrogens with one attached hydrogen (secondary N) is 1. The van der Waals surface area contributed by atoms with Crippen LogP contribution in [0.2, 0.25) is 0 Å². The maximum absolute atomic E-state index is 3.68. The molecule has 0 spiro atoms.